The lowest BCUT2D eigenvalue weighted by Gasteiger charge is -2.23. The molecule has 0 saturated carbocycles. The largest absolute Gasteiger partial charge is 0.304 e. The van der Waals surface area contributed by atoms with Crippen molar-refractivity contribution in [1.29, 1.82) is 0 Å². The zero-order chi connectivity index (χ0) is 17.0. The molecule has 4 rings (SSSR count). The molecule has 1 aliphatic rings. The maximum atomic E-state index is 13.4. The minimum absolute atomic E-state index is 0.00921. The first-order valence-corrected chi connectivity index (χ1v) is 8.83. The molecule has 1 amide bonds. The molecule has 1 unspecified atom stereocenters. The van der Waals surface area contributed by atoms with Crippen LogP contribution in [-0.4, -0.2) is 21.3 Å². The van der Waals surface area contributed by atoms with Gasteiger partial charge in [0.1, 0.15) is 5.69 Å². The maximum absolute atomic E-state index is 13.4. The minimum atomic E-state index is 0.00921. The van der Waals surface area contributed by atoms with Crippen LogP contribution in [-0.2, 0) is 6.42 Å². The third-order valence-corrected chi connectivity index (χ3v) is 5.20. The highest BCUT2D eigenvalue weighted by Gasteiger charge is 2.33. The third-order valence-electron chi connectivity index (χ3n) is 4.61. The number of pyridine rings is 1. The summed E-state index contributed by atoms with van der Waals surface area (Å²) in [6.07, 6.45) is 2.86. The summed E-state index contributed by atoms with van der Waals surface area (Å²) in [4.78, 5) is 19.9. The van der Waals surface area contributed by atoms with Crippen LogP contribution in [0.2, 0.25) is 0 Å². The molecule has 1 aliphatic heterocycles. The van der Waals surface area contributed by atoms with E-state index in [1.54, 1.807) is 0 Å². The van der Waals surface area contributed by atoms with Gasteiger partial charge >= 0.3 is 0 Å². The van der Waals surface area contributed by atoms with E-state index < -0.39 is 0 Å². The summed E-state index contributed by atoms with van der Waals surface area (Å²) in [6.45, 7) is 6.01. The van der Waals surface area contributed by atoms with Crippen LogP contribution in [0.3, 0.4) is 0 Å². The van der Waals surface area contributed by atoms with E-state index in [2.05, 4.69) is 33.9 Å². The van der Waals surface area contributed by atoms with E-state index in [-0.39, 0.29) is 11.9 Å². The monoisotopic (exact) mass is 383 g/mol. The van der Waals surface area contributed by atoms with Gasteiger partial charge in [-0.25, -0.2) is 4.98 Å². The van der Waals surface area contributed by atoms with Gasteiger partial charge in [0.05, 0.1) is 10.2 Å². The number of aromatic nitrogens is 2. The fourth-order valence-electron chi connectivity index (χ4n) is 3.59. The number of carbonyl (C=O) groups excluding carboxylic acids is 1. The number of carbonyl (C=O) groups is 1. The number of aryl methyl sites for hydroxylation is 2. The lowest BCUT2D eigenvalue weighted by atomic mass is 10.1. The molecule has 3 heterocycles. The molecule has 3 aromatic rings. The van der Waals surface area contributed by atoms with Crippen LogP contribution in [0, 0.1) is 13.8 Å². The Balaban J connectivity index is 1.89. The number of rotatable bonds is 1. The molecule has 0 spiro atoms. The summed E-state index contributed by atoms with van der Waals surface area (Å²) >= 11 is 3.56. The van der Waals surface area contributed by atoms with Crippen LogP contribution in [0.5, 0.6) is 0 Å². The lowest BCUT2D eigenvalue weighted by molar-refractivity contribution is 0.0975. The molecule has 1 aromatic carbocycles. The van der Waals surface area contributed by atoms with Gasteiger partial charge in [-0.2, -0.15) is 0 Å². The van der Waals surface area contributed by atoms with Crippen LogP contribution in [0.15, 0.2) is 41.0 Å². The fourth-order valence-corrected chi connectivity index (χ4v) is 4.23. The number of para-hydroxylation sites is 1. The quantitative estimate of drug-likeness (QED) is 0.627. The molecule has 5 heteroatoms. The van der Waals surface area contributed by atoms with Gasteiger partial charge in [0.25, 0.3) is 5.91 Å². The Morgan fingerprint density at radius 1 is 1.29 bits per heavy atom. The van der Waals surface area contributed by atoms with Crippen molar-refractivity contribution in [1.82, 2.24) is 9.38 Å². The summed E-state index contributed by atoms with van der Waals surface area (Å²) in [6, 6.07) is 10.3. The first-order valence-electron chi connectivity index (χ1n) is 8.03. The van der Waals surface area contributed by atoms with Gasteiger partial charge in [-0.3, -0.25) is 9.20 Å². The number of amides is 1. The third kappa shape index (κ3) is 2.18. The van der Waals surface area contributed by atoms with E-state index in [0.29, 0.717) is 5.69 Å². The SMILES string of the molecule is Cc1cc(Br)c2nc(C)c(C(=O)N3c4ccccc4CC3C)n2c1. The number of hydrogen-bond acceptors (Lipinski definition) is 2. The van der Waals surface area contributed by atoms with Crippen molar-refractivity contribution in [3.05, 3.63) is 63.5 Å². The van der Waals surface area contributed by atoms with Crippen molar-refractivity contribution in [2.24, 2.45) is 0 Å². The average Bonchev–Trinajstić information content (AvgIpc) is 3.03. The van der Waals surface area contributed by atoms with Gasteiger partial charge < -0.3 is 4.90 Å². The number of benzene rings is 1. The molecular weight excluding hydrogens is 366 g/mol. The Morgan fingerprint density at radius 3 is 2.83 bits per heavy atom. The smallest absolute Gasteiger partial charge is 0.277 e. The molecule has 0 bridgehead atoms. The number of halogens is 1. The van der Waals surface area contributed by atoms with Gasteiger partial charge in [-0.1, -0.05) is 18.2 Å². The van der Waals surface area contributed by atoms with Crippen molar-refractivity contribution in [2.75, 3.05) is 4.90 Å². The number of imidazole rings is 1. The Hall–Kier alpha value is -2.14. The molecule has 0 saturated heterocycles. The molecule has 122 valence electrons. The summed E-state index contributed by atoms with van der Waals surface area (Å²) in [5, 5.41) is 0. The van der Waals surface area contributed by atoms with Crippen molar-refractivity contribution in [2.45, 2.75) is 33.2 Å². The van der Waals surface area contributed by atoms with Crippen LogP contribution < -0.4 is 4.90 Å². The van der Waals surface area contributed by atoms with E-state index in [4.69, 9.17) is 0 Å². The van der Waals surface area contributed by atoms with Gasteiger partial charge in [-0.15, -0.1) is 0 Å². The normalized spacial score (nSPS) is 16.7. The van der Waals surface area contributed by atoms with Crippen molar-refractivity contribution in [3.8, 4) is 0 Å². The number of fused-ring (bicyclic) bond motifs is 2. The average molecular weight is 384 g/mol. The van der Waals surface area contributed by atoms with Crippen LogP contribution >= 0.6 is 15.9 Å². The Kier molecular flexibility index (Phi) is 3.49. The van der Waals surface area contributed by atoms with E-state index in [1.807, 2.05) is 53.6 Å². The Labute approximate surface area is 149 Å². The van der Waals surface area contributed by atoms with Gasteiger partial charge in [0, 0.05) is 17.9 Å². The summed E-state index contributed by atoms with van der Waals surface area (Å²) in [5.74, 6) is 0.00921. The molecular formula is C19H18BrN3O. The number of anilines is 1. The molecule has 24 heavy (non-hydrogen) atoms. The predicted octanol–water partition coefficient (Wildman–Crippen LogP) is 4.31. The van der Waals surface area contributed by atoms with E-state index >= 15 is 0 Å². The highest BCUT2D eigenvalue weighted by Crippen LogP contribution is 2.34. The lowest BCUT2D eigenvalue weighted by Crippen LogP contribution is -2.36. The fraction of sp³-hybridized carbons (Fsp3) is 0.263. The second kappa shape index (κ2) is 5.45. The summed E-state index contributed by atoms with van der Waals surface area (Å²) < 4.78 is 2.81. The first-order chi connectivity index (χ1) is 11.5. The highest BCUT2D eigenvalue weighted by molar-refractivity contribution is 9.10. The zero-order valence-corrected chi connectivity index (χ0v) is 15.5. The van der Waals surface area contributed by atoms with Crippen LogP contribution in [0.4, 0.5) is 5.69 Å². The topological polar surface area (TPSA) is 37.6 Å². The van der Waals surface area contributed by atoms with Gasteiger partial charge in [0.2, 0.25) is 0 Å². The summed E-state index contributed by atoms with van der Waals surface area (Å²) in [7, 11) is 0. The zero-order valence-electron chi connectivity index (χ0n) is 13.9. The molecule has 0 N–H and O–H groups in total. The molecule has 0 aliphatic carbocycles. The van der Waals surface area contributed by atoms with Crippen LogP contribution in [0.25, 0.3) is 5.65 Å². The molecule has 2 aromatic heterocycles. The second-order valence-electron chi connectivity index (χ2n) is 6.46. The molecule has 0 fully saturated rings. The minimum Gasteiger partial charge on any atom is -0.304 e. The molecule has 4 nitrogen and oxygen atoms in total. The van der Waals surface area contributed by atoms with E-state index in [1.165, 1.54) is 5.56 Å². The standard InChI is InChI=1S/C19H18BrN3O/c1-11-8-15(20)18-21-13(3)17(22(18)10-11)19(24)23-12(2)9-14-6-4-5-7-16(14)23/h4-8,10,12H,9H2,1-3H3. The van der Waals surface area contributed by atoms with E-state index in [0.717, 1.165) is 33.5 Å². The van der Waals surface area contributed by atoms with Crippen molar-refractivity contribution in [3.63, 3.8) is 0 Å². The summed E-state index contributed by atoms with van der Waals surface area (Å²) in [5.41, 5.74) is 5.48. The van der Waals surface area contributed by atoms with E-state index in [9.17, 15) is 4.79 Å². The highest BCUT2D eigenvalue weighted by atomic mass is 79.9. The Bertz CT molecular complexity index is 976. The Morgan fingerprint density at radius 2 is 2.04 bits per heavy atom. The molecule has 0 radical (unpaired) electrons. The predicted molar refractivity (Wildman–Crippen MR) is 98.8 cm³/mol. The second-order valence-corrected chi connectivity index (χ2v) is 7.32. The maximum Gasteiger partial charge on any atom is 0.277 e. The molecule has 1 atom stereocenters. The number of nitrogens with zero attached hydrogens (tertiary/aromatic N) is 3. The number of hydrogen-bond donors (Lipinski definition) is 0. The van der Waals surface area contributed by atoms with Gasteiger partial charge in [0.15, 0.2) is 5.65 Å². The van der Waals surface area contributed by atoms with Crippen molar-refractivity contribution >= 4 is 33.2 Å². The van der Waals surface area contributed by atoms with Crippen molar-refractivity contribution < 1.29 is 4.79 Å². The van der Waals surface area contributed by atoms with Gasteiger partial charge in [-0.05, 0) is 66.4 Å². The first kappa shape index (κ1) is 15.4. The van der Waals surface area contributed by atoms with Crippen LogP contribution in [0.1, 0.15) is 34.2 Å².